The van der Waals surface area contributed by atoms with Crippen LogP contribution in [0.25, 0.3) is 10.8 Å². The second kappa shape index (κ2) is 5.07. The number of rotatable bonds is 2. The molecule has 0 fully saturated rings. The molecule has 0 nitrogen and oxygen atoms in total. The van der Waals surface area contributed by atoms with Crippen LogP contribution in [0.5, 0.6) is 0 Å². The molecule has 0 aromatic heterocycles. The first-order valence-corrected chi connectivity index (χ1v) is 6.87. The molecule has 0 N–H and O–H groups in total. The maximum Gasteiger partial charge on any atom is 0.0841 e. The zero-order valence-corrected chi connectivity index (χ0v) is 11.6. The van der Waals surface area contributed by atoms with Crippen molar-refractivity contribution in [2.24, 2.45) is 0 Å². The Morgan fingerprint density at radius 2 is 1.58 bits per heavy atom. The number of fused-ring (bicyclic) bond motifs is 1. The summed E-state index contributed by atoms with van der Waals surface area (Å²) in [5, 5.41) is 2.36. The molecule has 3 aromatic carbocycles. The van der Waals surface area contributed by atoms with E-state index in [-0.39, 0.29) is 5.38 Å². The van der Waals surface area contributed by atoms with E-state index in [1.54, 1.807) is 0 Å². The van der Waals surface area contributed by atoms with E-state index in [1.807, 2.05) is 0 Å². The Bertz CT molecular complexity index is 710. The number of hydrogen-bond acceptors (Lipinski definition) is 0. The molecule has 1 atom stereocenters. The fourth-order valence-corrected chi connectivity index (χ4v) is 2.80. The van der Waals surface area contributed by atoms with Gasteiger partial charge in [-0.2, -0.15) is 0 Å². The van der Waals surface area contributed by atoms with Crippen molar-refractivity contribution >= 4 is 22.4 Å². The summed E-state index contributed by atoms with van der Waals surface area (Å²) >= 11 is 6.68. The third-order valence-electron chi connectivity index (χ3n) is 3.43. The summed E-state index contributed by atoms with van der Waals surface area (Å²) in [6.45, 7) is 2.09. The highest BCUT2D eigenvalue weighted by molar-refractivity contribution is 6.23. The molecule has 0 saturated heterocycles. The van der Waals surface area contributed by atoms with E-state index in [2.05, 4.69) is 73.7 Å². The van der Waals surface area contributed by atoms with Gasteiger partial charge in [0.1, 0.15) is 0 Å². The normalized spacial score (nSPS) is 12.5. The van der Waals surface area contributed by atoms with E-state index in [9.17, 15) is 0 Å². The Labute approximate surface area is 118 Å². The van der Waals surface area contributed by atoms with Gasteiger partial charge in [-0.1, -0.05) is 72.3 Å². The van der Waals surface area contributed by atoms with Gasteiger partial charge in [-0.3, -0.25) is 0 Å². The Hall–Kier alpha value is -1.79. The van der Waals surface area contributed by atoms with Gasteiger partial charge in [-0.15, -0.1) is 11.6 Å². The maximum atomic E-state index is 6.68. The molecule has 0 bridgehead atoms. The van der Waals surface area contributed by atoms with Crippen LogP contribution in [0.2, 0.25) is 0 Å². The predicted molar refractivity (Wildman–Crippen MR) is 82.8 cm³/mol. The molecule has 19 heavy (non-hydrogen) atoms. The number of benzene rings is 3. The summed E-state index contributed by atoms with van der Waals surface area (Å²) in [5.41, 5.74) is 3.56. The van der Waals surface area contributed by atoms with Crippen LogP contribution in [-0.4, -0.2) is 0 Å². The van der Waals surface area contributed by atoms with Gasteiger partial charge < -0.3 is 0 Å². The number of hydrogen-bond donors (Lipinski definition) is 0. The first-order chi connectivity index (χ1) is 9.25. The highest BCUT2D eigenvalue weighted by Gasteiger charge is 2.13. The lowest BCUT2D eigenvalue weighted by Gasteiger charge is -2.14. The minimum atomic E-state index is -0.106. The average Bonchev–Trinajstić information content (AvgIpc) is 2.46. The summed E-state index contributed by atoms with van der Waals surface area (Å²) in [4.78, 5) is 0. The van der Waals surface area contributed by atoms with Crippen molar-refractivity contribution in [1.29, 1.82) is 0 Å². The second-order valence-electron chi connectivity index (χ2n) is 4.85. The number of alkyl halides is 1. The van der Waals surface area contributed by atoms with E-state index in [1.165, 1.54) is 21.9 Å². The first kappa shape index (κ1) is 12.3. The van der Waals surface area contributed by atoms with Crippen molar-refractivity contribution in [3.8, 4) is 0 Å². The molecule has 0 aliphatic carbocycles. The molecule has 94 valence electrons. The first-order valence-electron chi connectivity index (χ1n) is 6.44. The fourth-order valence-electron chi connectivity index (χ4n) is 2.48. The van der Waals surface area contributed by atoms with E-state index >= 15 is 0 Å². The number of aryl methyl sites for hydroxylation is 1. The predicted octanol–water partition coefficient (Wildman–Crippen LogP) is 5.48. The average molecular weight is 267 g/mol. The molecule has 0 heterocycles. The molecule has 0 aliphatic rings. The van der Waals surface area contributed by atoms with Gasteiger partial charge >= 0.3 is 0 Å². The monoisotopic (exact) mass is 266 g/mol. The summed E-state index contributed by atoms with van der Waals surface area (Å²) in [7, 11) is 0. The third kappa shape index (κ3) is 2.36. The van der Waals surface area contributed by atoms with Crippen molar-refractivity contribution < 1.29 is 0 Å². The number of halogens is 1. The van der Waals surface area contributed by atoms with E-state index in [0.717, 1.165) is 5.56 Å². The van der Waals surface area contributed by atoms with Gasteiger partial charge in [-0.05, 0) is 28.8 Å². The van der Waals surface area contributed by atoms with Crippen LogP contribution in [0, 0.1) is 6.92 Å². The molecule has 3 aromatic rings. The fraction of sp³-hybridized carbons (Fsp3) is 0.111. The van der Waals surface area contributed by atoms with Crippen LogP contribution in [0.3, 0.4) is 0 Å². The zero-order chi connectivity index (χ0) is 13.2. The lowest BCUT2D eigenvalue weighted by molar-refractivity contribution is 1.15. The molecule has 0 amide bonds. The summed E-state index contributed by atoms with van der Waals surface area (Å²) in [5.74, 6) is 0. The van der Waals surface area contributed by atoms with Gasteiger partial charge in [0.2, 0.25) is 0 Å². The van der Waals surface area contributed by atoms with Crippen molar-refractivity contribution in [3.63, 3.8) is 0 Å². The zero-order valence-electron chi connectivity index (χ0n) is 10.8. The van der Waals surface area contributed by atoms with Gasteiger partial charge in [-0.25, -0.2) is 0 Å². The lowest BCUT2D eigenvalue weighted by Crippen LogP contribution is -1.95. The van der Waals surface area contributed by atoms with Gasteiger partial charge in [0.25, 0.3) is 0 Å². The van der Waals surface area contributed by atoms with Crippen LogP contribution in [0.15, 0.2) is 66.7 Å². The molecule has 0 aliphatic heterocycles. The lowest BCUT2D eigenvalue weighted by atomic mass is 9.97. The SMILES string of the molecule is Cc1cccc(C(Cl)c2cccc3ccccc23)c1. The van der Waals surface area contributed by atoms with E-state index < -0.39 is 0 Å². The highest BCUT2D eigenvalue weighted by atomic mass is 35.5. The molecular weight excluding hydrogens is 252 g/mol. The third-order valence-corrected chi connectivity index (χ3v) is 3.92. The van der Waals surface area contributed by atoms with Gasteiger partial charge in [0.05, 0.1) is 5.38 Å². The van der Waals surface area contributed by atoms with Crippen molar-refractivity contribution in [2.45, 2.75) is 12.3 Å². The highest BCUT2D eigenvalue weighted by Crippen LogP contribution is 2.33. The smallest absolute Gasteiger partial charge is 0.0841 e. The van der Waals surface area contributed by atoms with Crippen LogP contribution >= 0.6 is 11.6 Å². The molecule has 0 spiro atoms. The maximum absolute atomic E-state index is 6.68. The van der Waals surface area contributed by atoms with Crippen molar-refractivity contribution in [2.75, 3.05) is 0 Å². The van der Waals surface area contributed by atoms with E-state index in [4.69, 9.17) is 11.6 Å². The minimum absolute atomic E-state index is 0.106. The molecule has 0 radical (unpaired) electrons. The van der Waals surface area contributed by atoms with Crippen LogP contribution in [0.1, 0.15) is 22.1 Å². The Morgan fingerprint density at radius 3 is 2.42 bits per heavy atom. The van der Waals surface area contributed by atoms with Gasteiger partial charge in [0.15, 0.2) is 0 Å². The second-order valence-corrected chi connectivity index (χ2v) is 5.28. The summed E-state index contributed by atoms with van der Waals surface area (Å²) in [6.07, 6.45) is 0. The van der Waals surface area contributed by atoms with E-state index in [0.29, 0.717) is 0 Å². The topological polar surface area (TPSA) is 0 Å². The quantitative estimate of drug-likeness (QED) is 0.539. The summed E-state index contributed by atoms with van der Waals surface area (Å²) in [6, 6.07) is 23.1. The molecule has 1 unspecified atom stereocenters. The Kier molecular flexibility index (Phi) is 3.27. The molecule has 0 saturated carbocycles. The Balaban J connectivity index is 2.14. The largest absolute Gasteiger partial charge is 0.113 e. The van der Waals surface area contributed by atoms with Crippen molar-refractivity contribution in [1.82, 2.24) is 0 Å². The van der Waals surface area contributed by atoms with Crippen LogP contribution in [0.4, 0.5) is 0 Å². The molecular formula is C18H15Cl. The molecule has 3 rings (SSSR count). The Morgan fingerprint density at radius 1 is 0.842 bits per heavy atom. The summed E-state index contributed by atoms with van der Waals surface area (Å²) < 4.78 is 0. The van der Waals surface area contributed by atoms with Gasteiger partial charge in [0, 0.05) is 0 Å². The molecule has 1 heteroatoms. The van der Waals surface area contributed by atoms with Crippen molar-refractivity contribution in [3.05, 3.63) is 83.4 Å². The van der Waals surface area contributed by atoms with Crippen LogP contribution < -0.4 is 0 Å². The van der Waals surface area contributed by atoms with Crippen LogP contribution in [-0.2, 0) is 0 Å². The standard InChI is InChI=1S/C18H15Cl/c1-13-6-4-9-15(12-13)18(19)17-11-5-8-14-7-2-3-10-16(14)17/h2-12,18H,1H3. The minimum Gasteiger partial charge on any atom is -0.113 e.